The molecule has 0 heterocycles. The lowest BCUT2D eigenvalue weighted by Gasteiger charge is -2.23. The Morgan fingerprint density at radius 2 is 1.72 bits per heavy atom. The third kappa shape index (κ3) is 8.29. The van der Waals surface area contributed by atoms with E-state index in [4.69, 9.17) is 14.0 Å². The van der Waals surface area contributed by atoms with Crippen molar-refractivity contribution in [1.29, 1.82) is 0 Å². The molecule has 1 rings (SSSR count). The maximum absolute atomic E-state index is 12.5. The van der Waals surface area contributed by atoms with Crippen LogP contribution in [0.15, 0.2) is 30.3 Å². The molecule has 1 amide bonds. The van der Waals surface area contributed by atoms with E-state index in [0.717, 1.165) is 0 Å². The van der Waals surface area contributed by atoms with Crippen LogP contribution < -0.4 is 5.32 Å². The number of carboxylic acids is 1. The first-order valence-electron chi connectivity index (χ1n) is 8.78. The zero-order valence-corrected chi connectivity index (χ0v) is 16.4. The second-order valence-corrected chi connectivity index (χ2v) is 8.53. The van der Waals surface area contributed by atoms with E-state index in [1.54, 1.807) is 12.1 Å². The number of para-hydroxylation sites is 1. The maximum Gasteiger partial charge on any atom is 0.324 e. The van der Waals surface area contributed by atoms with Gasteiger partial charge in [0.05, 0.1) is 6.42 Å². The standard InChI is InChI=1S/C18H29NO5Si/c1-4-23-25(24-5-2)14(3)11-12-15(13-17(20)21)18(22)19-16-9-7-6-8-10-16/h6-10,14-15,25H,4-5,11-13H2,1-3H3,(H,19,22)(H,20,21). The average Bonchev–Trinajstić information content (AvgIpc) is 2.58. The maximum atomic E-state index is 12.5. The zero-order valence-electron chi connectivity index (χ0n) is 15.2. The predicted molar refractivity (Wildman–Crippen MR) is 99.9 cm³/mol. The van der Waals surface area contributed by atoms with Crippen molar-refractivity contribution in [2.45, 2.75) is 45.6 Å². The van der Waals surface area contributed by atoms with E-state index in [-0.39, 0.29) is 17.9 Å². The summed E-state index contributed by atoms with van der Waals surface area (Å²) in [6.07, 6.45) is 1.02. The van der Waals surface area contributed by atoms with Gasteiger partial charge in [-0.25, -0.2) is 0 Å². The molecule has 7 heteroatoms. The molecular formula is C18H29NO5Si. The number of hydrogen-bond donors (Lipinski definition) is 2. The summed E-state index contributed by atoms with van der Waals surface area (Å²) in [5, 5.41) is 11.9. The van der Waals surface area contributed by atoms with Gasteiger partial charge in [-0.15, -0.1) is 0 Å². The SMILES string of the molecule is CCO[SiH](OCC)C(C)CCC(CC(=O)O)C(=O)Nc1ccccc1. The molecule has 1 aromatic carbocycles. The molecule has 0 saturated carbocycles. The molecule has 6 nitrogen and oxygen atoms in total. The van der Waals surface area contributed by atoms with Gasteiger partial charge in [-0.3, -0.25) is 9.59 Å². The number of rotatable bonds is 12. The molecule has 0 aliphatic rings. The summed E-state index contributed by atoms with van der Waals surface area (Å²) >= 11 is 0. The molecule has 0 aromatic heterocycles. The van der Waals surface area contributed by atoms with Gasteiger partial charge in [0.15, 0.2) is 0 Å². The van der Waals surface area contributed by atoms with Crippen molar-refractivity contribution in [2.24, 2.45) is 5.92 Å². The highest BCUT2D eigenvalue weighted by Crippen LogP contribution is 2.24. The Labute approximate surface area is 151 Å². The van der Waals surface area contributed by atoms with E-state index in [0.29, 0.717) is 31.7 Å². The van der Waals surface area contributed by atoms with Crippen molar-refractivity contribution in [3.05, 3.63) is 30.3 Å². The number of anilines is 1. The Morgan fingerprint density at radius 1 is 1.12 bits per heavy atom. The second kappa shape index (κ2) is 11.8. The topological polar surface area (TPSA) is 84.9 Å². The molecule has 0 bridgehead atoms. The highest BCUT2D eigenvalue weighted by atomic mass is 28.3. The molecule has 0 radical (unpaired) electrons. The normalized spacial score (nSPS) is 13.4. The number of benzene rings is 1. The van der Waals surface area contributed by atoms with Crippen molar-refractivity contribution in [3.8, 4) is 0 Å². The number of carbonyl (C=O) groups is 2. The van der Waals surface area contributed by atoms with Crippen molar-refractivity contribution < 1.29 is 23.5 Å². The Kier molecular flexibility index (Phi) is 10.1. The van der Waals surface area contributed by atoms with Crippen LogP contribution in [0.3, 0.4) is 0 Å². The molecule has 0 aliphatic carbocycles. The monoisotopic (exact) mass is 367 g/mol. The average molecular weight is 368 g/mol. The van der Waals surface area contributed by atoms with Crippen molar-refractivity contribution in [3.63, 3.8) is 0 Å². The van der Waals surface area contributed by atoms with Crippen LogP contribution >= 0.6 is 0 Å². The third-order valence-corrected chi connectivity index (χ3v) is 6.52. The summed E-state index contributed by atoms with van der Waals surface area (Å²) in [6, 6.07) is 9.07. The van der Waals surface area contributed by atoms with Crippen LogP contribution in [0.25, 0.3) is 0 Å². The highest BCUT2D eigenvalue weighted by Gasteiger charge is 2.26. The van der Waals surface area contributed by atoms with Gasteiger partial charge < -0.3 is 19.3 Å². The van der Waals surface area contributed by atoms with Crippen LogP contribution in [0, 0.1) is 5.92 Å². The molecule has 2 atom stereocenters. The van der Waals surface area contributed by atoms with Gasteiger partial charge in [0, 0.05) is 24.8 Å². The molecule has 0 aliphatic heterocycles. The number of carbonyl (C=O) groups excluding carboxylic acids is 1. The molecule has 25 heavy (non-hydrogen) atoms. The van der Waals surface area contributed by atoms with E-state index >= 15 is 0 Å². The van der Waals surface area contributed by atoms with E-state index in [2.05, 4.69) is 12.2 Å². The van der Waals surface area contributed by atoms with Crippen LogP contribution in [-0.2, 0) is 18.4 Å². The molecule has 140 valence electrons. The van der Waals surface area contributed by atoms with Crippen molar-refractivity contribution >= 4 is 26.8 Å². The fourth-order valence-corrected chi connectivity index (χ4v) is 4.48. The van der Waals surface area contributed by atoms with Gasteiger partial charge in [0.25, 0.3) is 0 Å². The van der Waals surface area contributed by atoms with Crippen LogP contribution in [0.2, 0.25) is 5.54 Å². The summed E-state index contributed by atoms with van der Waals surface area (Å²) < 4.78 is 11.4. The lowest BCUT2D eigenvalue weighted by Crippen LogP contribution is -2.30. The Bertz CT molecular complexity index is 519. The molecule has 2 N–H and O–H groups in total. The quantitative estimate of drug-likeness (QED) is 0.554. The number of amides is 1. The minimum absolute atomic E-state index is 0.180. The fraction of sp³-hybridized carbons (Fsp3) is 0.556. The number of aliphatic carboxylic acids is 1. The number of hydrogen-bond acceptors (Lipinski definition) is 4. The Morgan fingerprint density at radius 3 is 2.24 bits per heavy atom. The first-order chi connectivity index (χ1) is 12.0. The highest BCUT2D eigenvalue weighted by molar-refractivity contribution is 6.46. The number of nitrogens with one attached hydrogen (secondary N) is 1. The van der Waals surface area contributed by atoms with Gasteiger partial charge in [-0.2, -0.15) is 0 Å². The summed E-state index contributed by atoms with van der Waals surface area (Å²) in [4.78, 5) is 23.6. The fourth-order valence-electron chi connectivity index (χ4n) is 2.61. The van der Waals surface area contributed by atoms with Crippen molar-refractivity contribution in [1.82, 2.24) is 0 Å². The van der Waals surface area contributed by atoms with E-state index in [9.17, 15) is 9.59 Å². The summed E-state index contributed by atoms with van der Waals surface area (Å²) in [7, 11) is -1.80. The molecular weight excluding hydrogens is 338 g/mol. The lowest BCUT2D eigenvalue weighted by molar-refractivity contribution is -0.140. The van der Waals surface area contributed by atoms with Gasteiger partial charge >= 0.3 is 15.3 Å². The van der Waals surface area contributed by atoms with Crippen LogP contribution in [0.4, 0.5) is 5.69 Å². The molecule has 2 unspecified atom stereocenters. The van der Waals surface area contributed by atoms with Gasteiger partial charge in [0.1, 0.15) is 0 Å². The van der Waals surface area contributed by atoms with E-state index in [1.165, 1.54) is 0 Å². The van der Waals surface area contributed by atoms with Gasteiger partial charge in [-0.1, -0.05) is 25.1 Å². The summed E-state index contributed by atoms with van der Waals surface area (Å²) in [5.74, 6) is -1.80. The van der Waals surface area contributed by atoms with Crippen LogP contribution in [0.1, 0.15) is 40.0 Å². The lowest BCUT2D eigenvalue weighted by atomic mass is 9.97. The first kappa shape index (κ1) is 21.3. The number of carboxylic acid groups (broad SMARTS) is 1. The molecule has 0 fully saturated rings. The Hall–Kier alpha value is -1.70. The van der Waals surface area contributed by atoms with Crippen LogP contribution in [0.5, 0.6) is 0 Å². The molecule has 1 aromatic rings. The Balaban J connectivity index is 2.65. The molecule has 0 saturated heterocycles. The van der Waals surface area contributed by atoms with Crippen LogP contribution in [-0.4, -0.2) is 39.5 Å². The summed E-state index contributed by atoms with van der Waals surface area (Å²) in [6.45, 7) is 7.14. The minimum atomic E-state index is -1.80. The predicted octanol–water partition coefficient (Wildman–Crippen LogP) is 3.18. The zero-order chi connectivity index (χ0) is 18.7. The minimum Gasteiger partial charge on any atom is -0.481 e. The van der Waals surface area contributed by atoms with E-state index in [1.807, 2.05) is 32.0 Å². The van der Waals surface area contributed by atoms with Crippen molar-refractivity contribution in [2.75, 3.05) is 18.5 Å². The summed E-state index contributed by atoms with van der Waals surface area (Å²) in [5.41, 5.74) is 0.882. The van der Waals surface area contributed by atoms with E-state index < -0.39 is 21.2 Å². The first-order valence-corrected chi connectivity index (χ1v) is 10.4. The van der Waals surface area contributed by atoms with Gasteiger partial charge in [-0.05, 0) is 44.4 Å². The largest absolute Gasteiger partial charge is 0.481 e. The smallest absolute Gasteiger partial charge is 0.324 e. The second-order valence-electron chi connectivity index (χ2n) is 5.98. The third-order valence-electron chi connectivity index (χ3n) is 3.93. The van der Waals surface area contributed by atoms with Gasteiger partial charge in [0.2, 0.25) is 5.91 Å². The molecule has 0 spiro atoms.